The van der Waals surface area contributed by atoms with Crippen LogP contribution in [0.25, 0.3) is 0 Å². The van der Waals surface area contributed by atoms with Crippen molar-refractivity contribution >= 4 is 28.1 Å². The molecule has 1 atom stereocenters. The highest BCUT2D eigenvalue weighted by molar-refractivity contribution is 7.16. The first-order valence-corrected chi connectivity index (χ1v) is 11.5. The molecule has 0 bridgehead atoms. The van der Waals surface area contributed by atoms with Gasteiger partial charge in [0.05, 0.1) is 12.3 Å². The number of carbonyl (C=O) groups excluding carboxylic acids is 1. The summed E-state index contributed by atoms with van der Waals surface area (Å²) in [6, 6.07) is 16.9. The molecule has 0 saturated heterocycles. The Kier molecular flexibility index (Phi) is 7.22. The number of benzene rings is 1. The van der Waals surface area contributed by atoms with Gasteiger partial charge in [0.2, 0.25) is 0 Å². The lowest BCUT2D eigenvalue weighted by atomic mass is 9.99. The molecule has 176 valence electrons. The Labute approximate surface area is 199 Å². The van der Waals surface area contributed by atoms with Crippen LogP contribution in [0, 0.1) is 6.92 Å². The quantitative estimate of drug-likeness (QED) is 0.278. The molecule has 0 aliphatic carbocycles. The minimum Gasteiger partial charge on any atom is -0.459 e. The molecule has 0 radical (unpaired) electrons. The lowest BCUT2D eigenvalue weighted by Crippen LogP contribution is -2.17. The third-order valence-electron chi connectivity index (χ3n) is 5.06. The maximum atomic E-state index is 12.7. The van der Waals surface area contributed by atoms with Gasteiger partial charge < -0.3 is 19.8 Å². The number of halogens is 2. The molecular weight excluding hydrogens is 460 g/mol. The average molecular weight is 484 g/mol. The van der Waals surface area contributed by atoms with Gasteiger partial charge in [0.1, 0.15) is 16.6 Å². The lowest BCUT2D eigenvalue weighted by molar-refractivity contribution is -0.0498. The van der Waals surface area contributed by atoms with E-state index in [9.17, 15) is 13.6 Å². The Morgan fingerprint density at radius 3 is 2.59 bits per heavy atom. The zero-order chi connectivity index (χ0) is 24.1. The van der Waals surface area contributed by atoms with Gasteiger partial charge in [-0.15, -0.1) is 11.3 Å². The zero-order valence-corrected chi connectivity index (χ0v) is 19.4. The van der Waals surface area contributed by atoms with E-state index in [1.165, 1.54) is 29.7 Å². The van der Waals surface area contributed by atoms with Crippen molar-refractivity contribution in [2.24, 2.45) is 0 Å². The second-order valence-electron chi connectivity index (χ2n) is 7.47. The van der Waals surface area contributed by atoms with E-state index < -0.39 is 12.7 Å². The van der Waals surface area contributed by atoms with Gasteiger partial charge >= 0.3 is 6.61 Å². The Bertz CT molecular complexity index is 1240. The second-order valence-corrected chi connectivity index (χ2v) is 8.61. The van der Waals surface area contributed by atoms with Crippen molar-refractivity contribution in [1.29, 1.82) is 0 Å². The van der Waals surface area contributed by atoms with Gasteiger partial charge in [-0.2, -0.15) is 8.78 Å². The molecular formula is C25H23F2N3O3S. The van der Waals surface area contributed by atoms with Gasteiger partial charge in [-0.25, -0.2) is 4.98 Å². The lowest BCUT2D eigenvalue weighted by Gasteiger charge is -2.21. The molecule has 1 aromatic carbocycles. The van der Waals surface area contributed by atoms with E-state index in [-0.39, 0.29) is 17.4 Å². The fourth-order valence-corrected chi connectivity index (χ4v) is 4.50. The van der Waals surface area contributed by atoms with Crippen molar-refractivity contribution in [2.45, 2.75) is 32.9 Å². The van der Waals surface area contributed by atoms with Crippen molar-refractivity contribution in [3.8, 4) is 5.75 Å². The van der Waals surface area contributed by atoms with Crippen LogP contribution in [0.5, 0.6) is 5.75 Å². The second kappa shape index (κ2) is 10.5. The number of anilines is 2. The number of furan rings is 1. The molecule has 4 aromatic rings. The van der Waals surface area contributed by atoms with Crippen LogP contribution in [0.2, 0.25) is 0 Å². The minimum absolute atomic E-state index is 0.0668. The van der Waals surface area contributed by atoms with E-state index >= 15 is 0 Å². The van der Waals surface area contributed by atoms with E-state index in [1.54, 1.807) is 24.3 Å². The normalized spacial score (nSPS) is 11.9. The van der Waals surface area contributed by atoms with Crippen molar-refractivity contribution in [3.05, 3.63) is 94.4 Å². The van der Waals surface area contributed by atoms with Crippen molar-refractivity contribution in [1.82, 2.24) is 4.98 Å². The van der Waals surface area contributed by atoms with Crippen molar-refractivity contribution in [2.75, 3.05) is 10.6 Å². The average Bonchev–Trinajstić information content (AvgIpc) is 3.48. The summed E-state index contributed by atoms with van der Waals surface area (Å²) in [5.41, 5.74) is 2.46. The molecule has 0 saturated carbocycles. The SMILES string of the molecule is CCc1cc(C(Nc2cccc(C)n2)c2ccc(OC(F)F)cc2)c(NC(=O)c2ccco2)s1. The molecule has 0 aliphatic rings. The van der Waals surface area contributed by atoms with Gasteiger partial charge in [-0.05, 0) is 61.4 Å². The van der Waals surface area contributed by atoms with Gasteiger partial charge in [0, 0.05) is 16.1 Å². The summed E-state index contributed by atoms with van der Waals surface area (Å²) in [6.07, 6.45) is 2.23. The zero-order valence-electron chi connectivity index (χ0n) is 18.5. The highest BCUT2D eigenvalue weighted by Crippen LogP contribution is 2.38. The molecule has 3 aromatic heterocycles. The van der Waals surface area contributed by atoms with Gasteiger partial charge in [-0.3, -0.25) is 4.79 Å². The van der Waals surface area contributed by atoms with E-state index in [4.69, 9.17) is 4.42 Å². The highest BCUT2D eigenvalue weighted by Gasteiger charge is 2.23. The van der Waals surface area contributed by atoms with Crippen LogP contribution in [0.1, 0.15) is 45.2 Å². The number of nitrogens with one attached hydrogen (secondary N) is 2. The molecule has 0 spiro atoms. The molecule has 6 nitrogen and oxygen atoms in total. The number of rotatable bonds is 9. The Morgan fingerprint density at radius 1 is 1.15 bits per heavy atom. The Hall–Kier alpha value is -3.72. The molecule has 0 fully saturated rings. The molecule has 34 heavy (non-hydrogen) atoms. The fraction of sp³-hybridized carbons (Fsp3) is 0.200. The number of ether oxygens (including phenoxy) is 1. The number of amides is 1. The Balaban J connectivity index is 1.73. The molecule has 0 aliphatic heterocycles. The largest absolute Gasteiger partial charge is 0.459 e. The highest BCUT2D eigenvalue weighted by atomic mass is 32.1. The van der Waals surface area contributed by atoms with Crippen LogP contribution < -0.4 is 15.4 Å². The summed E-state index contributed by atoms with van der Waals surface area (Å²) >= 11 is 1.48. The third-order valence-corrected chi connectivity index (χ3v) is 6.27. The predicted molar refractivity (Wildman–Crippen MR) is 128 cm³/mol. The summed E-state index contributed by atoms with van der Waals surface area (Å²) < 4.78 is 35.0. The predicted octanol–water partition coefficient (Wildman–Crippen LogP) is 6.66. The smallest absolute Gasteiger partial charge is 0.387 e. The topological polar surface area (TPSA) is 76.4 Å². The van der Waals surface area contributed by atoms with E-state index in [2.05, 4.69) is 20.4 Å². The molecule has 3 heterocycles. The summed E-state index contributed by atoms with van der Waals surface area (Å²) in [5.74, 6) is 0.558. The van der Waals surface area contributed by atoms with Crippen LogP contribution >= 0.6 is 11.3 Å². The summed E-state index contributed by atoms with van der Waals surface area (Å²) in [5, 5.41) is 7.05. The first kappa shape index (κ1) is 23.4. The number of nitrogens with zero attached hydrogens (tertiary/aromatic N) is 1. The van der Waals surface area contributed by atoms with Crippen LogP contribution in [0.15, 0.2) is 71.3 Å². The number of carbonyl (C=O) groups is 1. The standard InChI is InChI=1S/C25H23F2N3O3S/c1-3-18-14-19(24(34-18)30-23(31)20-7-5-13-32-20)22(29-21-8-4-6-15(2)28-21)16-9-11-17(12-10-16)33-25(26)27/h4-14,22,25H,3H2,1-2H3,(H,28,29)(H,30,31). The molecule has 1 unspecified atom stereocenters. The number of aromatic nitrogens is 1. The number of thiophene rings is 1. The van der Waals surface area contributed by atoms with Crippen molar-refractivity contribution < 1.29 is 22.7 Å². The fourth-order valence-electron chi connectivity index (χ4n) is 3.47. The first-order chi connectivity index (χ1) is 16.4. The van der Waals surface area contributed by atoms with Gasteiger partial charge in [0.25, 0.3) is 5.91 Å². The number of hydrogen-bond acceptors (Lipinski definition) is 6. The molecule has 1 amide bonds. The maximum Gasteiger partial charge on any atom is 0.387 e. The van der Waals surface area contributed by atoms with Gasteiger partial charge in [0.15, 0.2) is 5.76 Å². The van der Waals surface area contributed by atoms with Crippen LogP contribution in [-0.4, -0.2) is 17.5 Å². The molecule has 4 rings (SSSR count). The van der Waals surface area contributed by atoms with E-state index in [0.717, 1.165) is 28.1 Å². The van der Waals surface area contributed by atoms with Crippen LogP contribution in [-0.2, 0) is 6.42 Å². The summed E-state index contributed by atoms with van der Waals surface area (Å²) in [4.78, 5) is 18.3. The molecule has 2 N–H and O–H groups in total. The third kappa shape index (κ3) is 5.60. The van der Waals surface area contributed by atoms with E-state index in [0.29, 0.717) is 10.8 Å². The van der Waals surface area contributed by atoms with Crippen LogP contribution in [0.3, 0.4) is 0 Å². The minimum atomic E-state index is -2.90. The Morgan fingerprint density at radius 2 is 1.94 bits per heavy atom. The van der Waals surface area contributed by atoms with Crippen LogP contribution in [0.4, 0.5) is 19.6 Å². The first-order valence-electron chi connectivity index (χ1n) is 10.7. The number of alkyl halides is 2. The maximum absolute atomic E-state index is 12.7. The number of aryl methyl sites for hydroxylation is 2. The number of hydrogen-bond donors (Lipinski definition) is 2. The summed E-state index contributed by atoms with van der Waals surface area (Å²) in [7, 11) is 0. The monoisotopic (exact) mass is 483 g/mol. The van der Waals surface area contributed by atoms with E-state index in [1.807, 2.05) is 38.1 Å². The van der Waals surface area contributed by atoms with Crippen molar-refractivity contribution in [3.63, 3.8) is 0 Å². The molecule has 9 heteroatoms. The summed E-state index contributed by atoms with van der Waals surface area (Å²) in [6.45, 7) is 1.03. The number of pyridine rings is 1. The van der Waals surface area contributed by atoms with Gasteiger partial charge in [-0.1, -0.05) is 25.1 Å².